The van der Waals surface area contributed by atoms with Crippen LogP contribution in [-0.2, 0) is 9.53 Å². The molecule has 0 aliphatic rings. The molecular weight excluding hydrogens is 341 g/mol. The van der Waals surface area contributed by atoms with Gasteiger partial charge in [0.25, 0.3) is 5.91 Å². The van der Waals surface area contributed by atoms with Crippen molar-refractivity contribution in [2.24, 2.45) is 0 Å². The number of carbonyl (C=O) groups is 2. The molecule has 1 atom stereocenters. The minimum Gasteiger partial charge on any atom is -0.448 e. The highest BCUT2D eigenvalue weighted by molar-refractivity contribution is 6.36. The van der Waals surface area contributed by atoms with Crippen molar-refractivity contribution >= 4 is 40.8 Å². The first-order valence-corrected chi connectivity index (χ1v) is 7.38. The number of carbonyl (C=O) groups excluding carboxylic acids is 2. The first-order valence-electron chi connectivity index (χ1n) is 6.62. The quantitative estimate of drug-likeness (QED) is 0.853. The van der Waals surface area contributed by atoms with Gasteiger partial charge in [0.15, 0.2) is 11.8 Å². The van der Waals surface area contributed by atoms with Crippen LogP contribution in [0.1, 0.15) is 23.1 Å². The lowest BCUT2D eigenvalue weighted by Crippen LogP contribution is -2.30. The summed E-state index contributed by atoms with van der Waals surface area (Å²) in [4.78, 5) is 31.8. The van der Waals surface area contributed by atoms with Gasteiger partial charge in [-0.3, -0.25) is 9.78 Å². The number of anilines is 1. The third-order valence-corrected chi connectivity index (χ3v) is 3.38. The van der Waals surface area contributed by atoms with E-state index < -0.39 is 18.0 Å². The van der Waals surface area contributed by atoms with Crippen molar-refractivity contribution in [2.45, 2.75) is 20.0 Å². The Balaban J connectivity index is 1.99. The van der Waals surface area contributed by atoms with Crippen LogP contribution in [0.15, 0.2) is 30.6 Å². The van der Waals surface area contributed by atoms with Gasteiger partial charge < -0.3 is 10.1 Å². The highest BCUT2D eigenvalue weighted by Gasteiger charge is 2.20. The van der Waals surface area contributed by atoms with Gasteiger partial charge in [0.2, 0.25) is 0 Å². The van der Waals surface area contributed by atoms with Crippen molar-refractivity contribution in [3.05, 3.63) is 52.0 Å². The number of hydrogen-bond donors (Lipinski definition) is 1. The summed E-state index contributed by atoms with van der Waals surface area (Å²) in [5.41, 5.74) is 1.07. The molecule has 0 aliphatic heterocycles. The Bertz CT molecular complexity index is 735. The van der Waals surface area contributed by atoms with Crippen LogP contribution in [0.2, 0.25) is 10.0 Å². The summed E-state index contributed by atoms with van der Waals surface area (Å²) in [5, 5.41) is 3.30. The predicted octanol–water partition coefficient (Wildman–Crippen LogP) is 3.28. The largest absolute Gasteiger partial charge is 0.448 e. The number of halogens is 2. The number of nitrogens with zero attached hydrogens (tertiary/aromatic N) is 2. The summed E-state index contributed by atoms with van der Waals surface area (Å²) in [6, 6.07) is 4.64. The van der Waals surface area contributed by atoms with Gasteiger partial charge in [-0.05, 0) is 32.0 Å². The van der Waals surface area contributed by atoms with Gasteiger partial charge in [0.05, 0.1) is 22.6 Å². The molecule has 1 heterocycles. The normalized spacial score (nSPS) is 11.7. The van der Waals surface area contributed by atoms with Crippen molar-refractivity contribution < 1.29 is 14.3 Å². The average Bonchev–Trinajstić information content (AvgIpc) is 2.50. The minimum atomic E-state index is -1.03. The van der Waals surface area contributed by atoms with Crippen LogP contribution in [0, 0.1) is 6.92 Å². The Morgan fingerprint density at radius 2 is 1.96 bits per heavy atom. The number of ether oxygens (including phenoxy) is 1. The first-order chi connectivity index (χ1) is 10.9. The summed E-state index contributed by atoms with van der Waals surface area (Å²) < 4.78 is 5.05. The van der Waals surface area contributed by atoms with Crippen molar-refractivity contribution in [3.8, 4) is 0 Å². The van der Waals surface area contributed by atoms with Crippen LogP contribution in [0.25, 0.3) is 0 Å². The standard InChI is InChI=1S/C15H13Cl2N3O3/c1-8-6-19-13(7-18-8)15(22)23-9(2)14(21)20-12-4-3-10(16)5-11(12)17/h3-7,9H,1-2H3,(H,20,21). The molecule has 0 fully saturated rings. The number of rotatable bonds is 4. The highest BCUT2D eigenvalue weighted by Crippen LogP contribution is 2.25. The maximum atomic E-state index is 12.1. The molecule has 120 valence electrons. The Hall–Kier alpha value is -2.18. The van der Waals surface area contributed by atoms with E-state index in [1.54, 1.807) is 19.1 Å². The molecule has 2 aromatic rings. The third-order valence-electron chi connectivity index (χ3n) is 2.83. The van der Waals surface area contributed by atoms with Crippen molar-refractivity contribution in [3.63, 3.8) is 0 Å². The Morgan fingerprint density at radius 1 is 1.22 bits per heavy atom. The number of nitrogens with one attached hydrogen (secondary N) is 1. The minimum absolute atomic E-state index is 0.0276. The summed E-state index contributed by atoms with van der Waals surface area (Å²) in [6.45, 7) is 3.19. The smallest absolute Gasteiger partial charge is 0.359 e. The van der Waals surface area contributed by atoms with Crippen molar-refractivity contribution in [1.82, 2.24) is 9.97 Å². The van der Waals surface area contributed by atoms with E-state index in [0.717, 1.165) is 0 Å². The van der Waals surface area contributed by atoms with Crippen molar-refractivity contribution in [2.75, 3.05) is 5.32 Å². The number of hydrogen-bond acceptors (Lipinski definition) is 5. The number of aromatic nitrogens is 2. The Morgan fingerprint density at radius 3 is 2.57 bits per heavy atom. The fraction of sp³-hybridized carbons (Fsp3) is 0.200. The molecule has 0 saturated heterocycles. The van der Waals surface area contributed by atoms with Gasteiger partial charge in [-0.2, -0.15) is 0 Å². The summed E-state index contributed by atoms with van der Waals surface area (Å²) in [6.07, 6.45) is 1.70. The molecule has 0 aliphatic carbocycles. The zero-order chi connectivity index (χ0) is 17.0. The molecule has 8 heteroatoms. The molecule has 1 aromatic heterocycles. The molecule has 23 heavy (non-hydrogen) atoms. The summed E-state index contributed by atoms with van der Waals surface area (Å²) in [5.74, 6) is -1.26. The fourth-order valence-electron chi connectivity index (χ4n) is 1.60. The maximum absolute atomic E-state index is 12.1. The second-order valence-electron chi connectivity index (χ2n) is 4.70. The van der Waals surface area contributed by atoms with Gasteiger partial charge >= 0.3 is 5.97 Å². The number of amides is 1. The zero-order valence-corrected chi connectivity index (χ0v) is 13.9. The molecule has 0 bridgehead atoms. The molecule has 0 saturated carbocycles. The number of benzene rings is 1. The summed E-state index contributed by atoms with van der Waals surface area (Å²) >= 11 is 11.8. The van der Waals surface area contributed by atoms with E-state index >= 15 is 0 Å². The summed E-state index contributed by atoms with van der Waals surface area (Å²) in [7, 11) is 0. The van der Waals surface area contributed by atoms with Crippen LogP contribution < -0.4 is 5.32 Å². The van der Waals surface area contributed by atoms with Crippen LogP contribution in [-0.4, -0.2) is 27.9 Å². The van der Waals surface area contributed by atoms with Crippen LogP contribution in [0.3, 0.4) is 0 Å². The Kier molecular flexibility index (Phi) is 5.52. The van der Waals surface area contributed by atoms with Gasteiger partial charge in [-0.15, -0.1) is 0 Å². The topological polar surface area (TPSA) is 81.2 Å². The van der Waals surface area contributed by atoms with E-state index in [0.29, 0.717) is 16.4 Å². The lowest BCUT2D eigenvalue weighted by molar-refractivity contribution is -0.123. The molecule has 2 rings (SSSR count). The van der Waals surface area contributed by atoms with Crippen LogP contribution in [0.4, 0.5) is 5.69 Å². The number of esters is 1. The van der Waals surface area contributed by atoms with Gasteiger partial charge in [-0.25, -0.2) is 9.78 Å². The molecule has 1 unspecified atom stereocenters. The van der Waals surface area contributed by atoms with Gasteiger partial charge in [-0.1, -0.05) is 23.2 Å². The number of aryl methyl sites for hydroxylation is 1. The molecule has 6 nitrogen and oxygen atoms in total. The van der Waals surface area contributed by atoms with Gasteiger partial charge in [0, 0.05) is 11.2 Å². The van der Waals surface area contributed by atoms with Crippen LogP contribution >= 0.6 is 23.2 Å². The lowest BCUT2D eigenvalue weighted by Gasteiger charge is -2.14. The van der Waals surface area contributed by atoms with E-state index in [1.165, 1.54) is 25.4 Å². The van der Waals surface area contributed by atoms with E-state index in [4.69, 9.17) is 27.9 Å². The van der Waals surface area contributed by atoms with E-state index in [9.17, 15) is 9.59 Å². The molecular formula is C15H13Cl2N3O3. The van der Waals surface area contributed by atoms with E-state index in [1.807, 2.05) is 0 Å². The first kappa shape index (κ1) is 17.2. The monoisotopic (exact) mass is 353 g/mol. The molecule has 1 aromatic carbocycles. The molecule has 0 spiro atoms. The molecule has 1 N–H and O–H groups in total. The molecule has 1 amide bonds. The van der Waals surface area contributed by atoms with E-state index in [-0.39, 0.29) is 10.7 Å². The third kappa shape index (κ3) is 4.64. The second-order valence-corrected chi connectivity index (χ2v) is 5.55. The average molecular weight is 354 g/mol. The SMILES string of the molecule is Cc1cnc(C(=O)OC(C)C(=O)Nc2ccc(Cl)cc2Cl)cn1. The lowest BCUT2D eigenvalue weighted by atomic mass is 10.3. The van der Waals surface area contributed by atoms with Crippen molar-refractivity contribution in [1.29, 1.82) is 0 Å². The van der Waals surface area contributed by atoms with E-state index in [2.05, 4.69) is 15.3 Å². The molecule has 0 radical (unpaired) electrons. The second kappa shape index (κ2) is 7.39. The van der Waals surface area contributed by atoms with Crippen LogP contribution in [0.5, 0.6) is 0 Å². The van der Waals surface area contributed by atoms with Gasteiger partial charge in [0.1, 0.15) is 0 Å². The highest BCUT2D eigenvalue weighted by atomic mass is 35.5. The zero-order valence-electron chi connectivity index (χ0n) is 12.3. The predicted molar refractivity (Wildman–Crippen MR) is 86.7 cm³/mol. The fourth-order valence-corrected chi connectivity index (χ4v) is 2.05. The Labute approximate surface area is 142 Å². The maximum Gasteiger partial charge on any atom is 0.359 e.